The van der Waals surface area contributed by atoms with Crippen LogP contribution in [0.2, 0.25) is 0 Å². The molecular weight excluding hydrogens is 260 g/mol. The molecule has 0 heterocycles. The highest BCUT2D eigenvalue weighted by atomic mass is 16.5. The Bertz CT molecular complexity index is 167. The summed E-state index contributed by atoms with van der Waals surface area (Å²) < 4.78 is 10.1. The predicted molar refractivity (Wildman–Crippen MR) is 82.2 cm³/mol. The van der Waals surface area contributed by atoms with Crippen LogP contribution in [0.1, 0.15) is 13.8 Å². The fourth-order valence-electron chi connectivity index (χ4n) is 1.31. The molecule has 0 aromatic heterocycles. The fraction of sp³-hybridized carbons (Fsp3) is 1.00. The molecule has 0 bridgehead atoms. The van der Waals surface area contributed by atoms with Gasteiger partial charge in [0, 0.05) is 13.1 Å². The summed E-state index contributed by atoms with van der Waals surface area (Å²) in [7, 11) is 3.98. The first-order chi connectivity index (χ1) is 9.62. The number of aliphatic hydroxyl groups is 2. The van der Waals surface area contributed by atoms with Crippen molar-refractivity contribution in [1.82, 2.24) is 9.80 Å². The molecule has 0 saturated heterocycles. The maximum Gasteiger partial charge on any atom is 0.0698 e. The Hall–Kier alpha value is -0.240. The van der Waals surface area contributed by atoms with Gasteiger partial charge in [0.1, 0.15) is 0 Å². The molecule has 0 aliphatic rings. The summed E-state index contributed by atoms with van der Waals surface area (Å²) in [5.74, 6) is 0. The average Bonchev–Trinajstić information content (AvgIpc) is 2.44. The van der Waals surface area contributed by atoms with Crippen LogP contribution in [0.3, 0.4) is 0 Å². The van der Waals surface area contributed by atoms with Crippen LogP contribution in [-0.4, -0.2) is 99.9 Å². The van der Waals surface area contributed by atoms with Gasteiger partial charge in [0.15, 0.2) is 0 Å². The van der Waals surface area contributed by atoms with Gasteiger partial charge >= 0.3 is 0 Å². The SMILES string of the molecule is CCN(CC)CCOCCO.CN(C)CCOCCO. The first-order valence-corrected chi connectivity index (χ1v) is 7.36. The van der Waals surface area contributed by atoms with E-state index in [1.54, 1.807) is 0 Å². The van der Waals surface area contributed by atoms with E-state index in [9.17, 15) is 0 Å². The number of likely N-dealkylation sites (N-methyl/N-ethyl adjacent to an activating group) is 2. The lowest BCUT2D eigenvalue weighted by Crippen LogP contribution is -2.27. The van der Waals surface area contributed by atoms with E-state index in [1.807, 2.05) is 19.0 Å². The Labute approximate surface area is 124 Å². The van der Waals surface area contributed by atoms with Gasteiger partial charge in [0.05, 0.1) is 39.6 Å². The van der Waals surface area contributed by atoms with Gasteiger partial charge < -0.3 is 29.5 Å². The van der Waals surface area contributed by atoms with E-state index >= 15 is 0 Å². The number of nitrogens with zero attached hydrogens (tertiary/aromatic N) is 2. The lowest BCUT2D eigenvalue weighted by molar-refractivity contribution is 0.0757. The van der Waals surface area contributed by atoms with Crippen molar-refractivity contribution in [1.29, 1.82) is 0 Å². The minimum absolute atomic E-state index is 0.118. The quantitative estimate of drug-likeness (QED) is 0.490. The van der Waals surface area contributed by atoms with Crippen molar-refractivity contribution in [2.45, 2.75) is 13.8 Å². The number of aliphatic hydroxyl groups excluding tert-OH is 2. The standard InChI is InChI=1S/C8H19NO2.C6H15NO2/c1-3-9(4-2)5-7-11-8-6-10;1-7(2)3-5-9-6-4-8/h10H,3-8H2,1-2H3;8H,3-6H2,1-2H3. The number of hydrogen-bond acceptors (Lipinski definition) is 6. The summed E-state index contributed by atoms with van der Waals surface area (Å²) >= 11 is 0. The molecule has 0 saturated carbocycles. The fourth-order valence-corrected chi connectivity index (χ4v) is 1.31. The number of ether oxygens (including phenoxy) is 2. The van der Waals surface area contributed by atoms with Gasteiger partial charge in [0.2, 0.25) is 0 Å². The summed E-state index contributed by atoms with van der Waals surface area (Å²) in [5, 5.41) is 16.7. The van der Waals surface area contributed by atoms with E-state index in [2.05, 4.69) is 18.7 Å². The zero-order chi connectivity index (χ0) is 15.6. The summed E-state index contributed by atoms with van der Waals surface area (Å²) in [6.45, 7) is 10.9. The van der Waals surface area contributed by atoms with Crippen LogP contribution in [0, 0.1) is 0 Å². The number of hydrogen-bond donors (Lipinski definition) is 2. The van der Waals surface area contributed by atoms with E-state index in [4.69, 9.17) is 19.7 Å². The zero-order valence-corrected chi connectivity index (χ0v) is 13.7. The average molecular weight is 294 g/mol. The summed E-state index contributed by atoms with van der Waals surface area (Å²) in [5.41, 5.74) is 0. The topological polar surface area (TPSA) is 65.4 Å². The highest BCUT2D eigenvalue weighted by Crippen LogP contribution is 1.86. The molecule has 0 aromatic carbocycles. The van der Waals surface area contributed by atoms with Crippen molar-refractivity contribution in [3.8, 4) is 0 Å². The Balaban J connectivity index is 0. The Morgan fingerprint density at radius 3 is 1.55 bits per heavy atom. The van der Waals surface area contributed by atoms with Crippen molar-refractivity contribution >= 4 is 0 Å². The first kappa shape index (κ1) is 22.0. The van der Waals surface area contributed by atoms with Crippen molar-refractivity contribution in [2.24, 2.45) is 0 Å². The molecule has 2 N–H and O–H groups in total. The number of rotatable bonds is 12. The van der Waals surface area contributed by atoms with Gasteiger partial charge in [-0.2, -0.15) is 0 Å². The van der Waals surface area contributed by atoms with Crippen LogP contribution in [0.15, 0.2) is 0 Å². The maximum atomic E-state index is 8.41. The molecule has 6 nitrogen and oxygen atoms in total. The third-order valence-electron chi connectivity index (χ3n) is 2.60. The highest BCUT2D eigenvalue weighted by molar-refractivity contribution is 4.49. The van der Waals surface area contributed by atoms with Gasteiger partial charge in [-0.1, -0.05) is 13.8 Å². The zero-order valence-electron chi connectivity index (χ0n) is 13.7. The van der Waals surface area contributed by atoms with Gasteiger partial charge in [-0.05, 0) is 27.2 Å². The van der Waals surface area contributed by atoms with E-state index in [0.29, 0.717) is 19.8 Å². The van der Waals surface area contributed by atoms with Crippen LogP contribution < -0.4 is 0 Å². The van der Waals surface area contributed by atoms with Gasteiger partial charge in [0.25, 0.3) is 0 Å². The minimum Gasteiger partial charge on any atom is -0.394 e. The van der Waals surface area contributed by atoms with Crippen LogP contribution in [0.25, 0.3) is 0 Å². The Kier molecular flexibility index (Phi) is 20.7. The molecule has 0 aliphatic heterocycles. The minimum atomic E-state index is 0.118. The summed E-state index contributed by atoms with van der Waals surface area (Å²) in [6.07, 6.45) is 0. The molecule has 0 aromatic rings. The molecule has 0 rings (SSSR count). The molecule has 20 heavy (non-hydrogen) atoms. The molecule has 0 atom stereocenters. The lowest BCUT2D eigenvalue weighted by Gasteiger charge is -2.17. The van der Waals surface area contributed by atoms with E-state index < -0.39 is 0 Å². The monoisotopic (exact) mass is 294 g/mol. The molecule has 0 amide bonds. The molecule has 0 unspecified atom stereocenters. The van der Waals surface area contributed by atoms with Crippen LogP contribution >= 0.6 is 0 Å². The molecule has 0 fully saturated rings. The van der Waals surface area contributed by atoms with Crippen LogP contribution in [-0.2, 0) is 9.47 Å². The predicted octanol–water partition coefficient (Wildman–Crippen LogP) is -0.106. The van der Waals surface area contributed by atoms with E-state index in [1.165, 1.54) is 0 Å². The van der Waals surface area contributed by atoms with Gasteiger partial charge in [-0.15, -0.1) is 0 Å². The molecule has 6 heteroatoms. The maximum absolute atomic E-state index is 8.41. The molecular formula is C14H34N2O4. The summed E-state index contributed by atoms with van der Waals surface area (Å²) in [6, 6.07) is 0. The van der Waals surface area contributed by atoms with Crippen LogP contribution in [0.5, 0.6) is 0 Å². The third kappa shape index (κ3) is 20.1. The highest BCUT2D eigenvalue weighted by Gasteiger charge is 1.96. The molecule has 124 valence electrons. The Morgan fingerprint density at radius 1 is 0.750 bits per heavy atom. The third-order valence-corrected chi connectivity index (χ3v) is 2.60. The molecule has 0 aliphatic carbocycles. The second-order valence-corrected chi connectivity index (χ2v) is 4.50. The van der Waals surface area contributed by atoms with E-state index in [-0.39, 0.29) is 13.2 Å². The second kappa shape index (κ2) is 18.8. The first-order valence-electron chi connectivity index (χ1n) is 7.36. The lowest BCUT2D eigenvalue weighted by atomic mass is 10.5. The molecule has 0 radical (unpaired) electrons. The smallest absolute Gasteiger partial charge is 0.0698 e. The second-order valence-electron chi connectivity index (χ2n) is 4.50. The van der Waals surface area contributed by atoms with E-state index in [0.717, 1.165) is 32.8 Å². The normalized spacial score (nSPS) is 10.8. The summed E-state index contributed by atoms with van der Waals surface area (Å²) in [4.78, 5) is 4.33. The van der Waals surface area contributed by atoms with Crippen molar-refractivity contribution in [3.63, 3.8) is 0 Å². The van der Waals surface area contributed by atoms with Crippen molar-refractivity contribution < 1.29 is 19.7 Å². The Morgan fingerprint density at radius 2 is 1.20 bits per heavy atom. The van der Waals surface area contributed by atoms with Crippen LogP contribution in [0.4, 0.5) is 0 Å². The van der Waals surface area contributed by atoms with Gasteiger partial charge in [-0.25, -0.2) is 0 Å². The van der Waals surface area contributed by atoms with Crippen molar-refractivity contribution in [2.75, 3.05) is 79.9 Å². The van der Waals surface area contributed by atoms with Crippen molar-refractivity contribution in [3.05, 3.63) is 0 Å². The molecule has 0 spiro atoms. The largest absolute Gasteiger partial charge is 0.394 e. The van der Waals surface area contributed by atoms with Gasteiger partial charge in [-0.3, -0.25) is 0 Å².